The first-order chi connectivity index (χ1) is 7.08. The summed E-state index contributed by atoms with van der Waals surface area (Å²) >= 11 is 0. The molecule has 0 N–H and O–H groups in total. The molecule has 0 aliphatic carbocycles. The van der Waals surface area contributed by atoms with Gasteiger partial charge in [0.05, 0.1) is 0 Å². The largest absolute Gasteiger partial charge is 0.455 e. The molecule has 0 rings (SSSR count). The van der Waals surface area contributed by atoms with E-state index in [4.69, 9.17) is 9.16 Å². The zero-order valence-electron chi connectivity index (χ0n) is 10.2. The van der Waals surface area contributed by atoms with Gasteiger partial charge in [0, 0.05) is 6.61 Å². The van der Waals surface area contributed by atoms with Crippen molar-refractivity contribution in [2.45, 2.75) is 45.5 Å². The first kappa shape index (κ1) is 15.5. The van der Waals surface area contributed by atoms with Gasteiger partial charge in [0.2, 0.25) is 0 Å². The Hall–Kier alpha value is -0.513. The smallest absolute Gasteiger partial charge is 0.374 e. The lowest BCUT2D eigenvalue weighted by molar-refractivity contribution is -0.325. The summed E-state index contributed by atoms with van der Waals surface area (Å²) in [6.45, 7) is 7.66. The van der Waals surface area contributed by atoms with Gasteiger partial charge in [-0.15, -0.1) is 5.92 Å². The number of hydrogen-bond acceptors (Lipinski definition) is 2. The van der Waals surface area contributed by atoms with Gasteiger partial charge in [-0.2, -0.15) is 13.2 Å². The van der Waals surface area contributed by atoms with Crippen molar-refractivity contribution in [1.82, 2.24) is 0 Å². The highest BCUT2D eigenvalue weighted by Crippen LogP contribution is 2.36. The molecule has 16 heavy (non-hydrogen) atoms. The van der Waals surface area contributed by atoms with E-state index in [-0.39, 0.29) is 6.61 Å². The molecule has 0 heterocycles. The maximum absolute atomic E-state index is 12.9. The molecule has 94 valence electrons. The number of ether oxygens (including phenoxy) is 1. The standard InChI is InChI=1S/C10H17F3O2Si/c1-6-8-9(14-7-2,10(11,12)13)15-16(3,4)5/h7H2,1-5H3. The van der Waals surface area contributed by atoms with Crippen LogP contribution in [0.2, 0.25) is 19.6 Å². The van der Waals surface area contributed by atoms with Crippen LogP contribution in [0.25, 0.3) is 0 Å². The summed E-state index contributed by atoms with van der Waals surface area (Å²) in [6.07, 6.45) is -4.66. The van der Waals surface area contributed by atoms with E-state index in [0.29, 0.717) is 0 Å². The average molecular weight is 254 g/mol. The van der Waals surface area contributed by atoms with Crippen LogP contribution in [0.4, 0.5) is 13.2 Å². The molecule has 0 saturated carbocycles. The van der Waals surface area contributed by atoms with E-state index >= 15 is 0 Å². The molecule has 0 radical (unpaired) electrons. The molecule has 1 unspecified atom stereocenters. The Morgan fingerprint density at radius 1 is 1.19 bits per heavy atom. The molecule has 0 bridgehead atoms. The Morgan fingerprint density at radius 2 is 1.69 bits per heavy atom. The van der Waals surface area contributed by atoms with E-state index in [1.165, 1.54) is 13.8 Å². The summed E-state index contributed by atoms with van der Waals surface area (Å²) in [5.41, 5.74) is 0. The first-order valence-electron chi connectivity index (χ1n) is 4.93. The van der Waals surface area contributed by atoms with Crippen molar-refractivity contribution in [3.63, 3.8) is 0 Å². The number of rotatable bonds is 4. The summed E-state index contributed by atoms with van der Waals surface area (Å²) < 4.78 is 48.7. The van der Waals surface area contributed by atoms with Crippen LogP contribution in [0, 0.1) is 11.8 Å². The van der Waals surface area contributed by atoms with Crippen molar-refractivity contribution in [2.24, 2.45) is 0 Å². The zero-order valence-corrected chi connectivity index (χ0v) is 11.2. The summed E-state index contributed by atoms with van der Waals surface area (Å²) in [7, 11) is -2.42. The van der Waals surface area contributed by atoms with Gasteiger partial charge >= 0.3 is 12.0 Å². The number of halogens is 3. The molecular formula is C10H17F3O2Si. The van der Waals surface area contributed by atoms with Crippen molar-refractivity contribution in [2.75, 3.05) is 6.61 Å². The highest BCUT2D eigenvalue weighted by molar-refractivity contribution is 6.69. The summed E-state index contributed by atoms with van der Waals surface area (Å²) in [4.78, 5) is 0. The van der Waals surface area contributed by atoms with Crippen LogP contribution < -0.4 is 0 Å². The minimum atomic E-state index is -4.66. The van der Waals surface area contributed by atoms with Crippen molar-refractivity contribution in [3.05, 3.63) is 0 Å². The minimum Gasteiger partial charge on any atom is -0.374 e. The molecule has 6 heteroatoms. The summed E-state index contributed by atoms with van der Waals surface area (Å²) in [5.74, 6) is 1.46. The molecule has 2 nitrogen and oxygen atoms in total. The zero-order chi connectivity index (χ0) is 13.0. The lowest BCUT2D eigenvalue weighted by atomic mass is 10.3. The lowest BCUT2D eigenvalue weighted by Gasteiger charge is -2.35. The third-order valence-corrected chi connectivity index (χ3v) is 2.36. The second kappa shape index (κ2) is 5.21. The molecule has 0 aromatic rings. The minimum absolute atomic E-state index is 0.112. The van der Waals surface area contributed by atoms with E-state index in [0.717, 1.165) is 0 Å². The molecule has 0 aromatic carbocycles. The molecule has 0 saturated heterocycles. The second-order valence-corrected chi connectivity index (χ2v) is 8.57. The first-order valence-corrected chi connectivity index (χ1v) is 8.33. The van der Waals surface area contributed by atoms with Crippen molar-refractivity contribution in [3.8, 4) is 11.8 Å². The second-order valence-electron chi connectivity index (χ2n) is 4.14. The van der Waals surface area contributed by atoms with Gasteiger partial charge in [-0.1, -0.05) is 0 Å². The third kappa shape index (κ3) is 4.16. The van der Waals surface area contributed by atoms with Crippen LogP contribution in [0.5, 0.6) is 0 Å². The normalized spacial score (nSPS) is 16.2. The van der Waals surface area contributed by atoms with Crippen LogP contribution >= 0.6 is 0 Å². The van der Waals surface area contributed by atoms with Gasteiger partial charge in [-0.05, 0) is 39.4 Å². The van der Waals surface area contributed by atoms with Gasteiger partial charge in [0.25, 0.3) is 0 Å². The van der Waals surface area contributed by atoms with Gasteiger partial charge in [0.1, 0.15) is 0 Å². The molecule has 0 fully saturated rings. The van der Waals surface area contributed by atoms with E-state index < -0.39 is 20.3 Å². The van der Waals surface area contributed by atoms with Crippen LogP contribution in [0.1, 0.15) is 13.8 Å². The van der Waals surface area contributed by atoms with Crippen LogP contribution in [0.15, 0.2) is 0 Å². The van der Waals surface area contributed by atoms with Crippen LogP contribution in [0.3, 0.4) is 0 Å². The Kier molecular flexibility index (Phi) is 5.04. The molecule has 0 amide bonds. The topological polar surface area (TPSA) is 18.5 Å². The van der Waals surface area contributed by atoms with Gasteiger partial charge in [-0.25, -0.2) is 0 Å². The predicted octanol–water partition coefficient (Wildman–Crippen LogP) is 3.16. The van der Waals surface area contributed by atoms with Crippen molar-refractivity contribution >= 4 is 8.32 Å². The maximum atomic E-state index is 12.9. The highest BCUT2D eigenvalue weighted by atomic mass is 28.4. The highest BCUT2D eigenvalue weighted by Gasteiger charge is 2.58. The number of hydrogen-bond donors (Lipinski definition) is 0. The van der Waals surface area contributed by atoms with Crippen LogP contribution in [-0.2, 0) is 9.16 Å². The SMILES string of the molecule is CC#CC(OCC)(O[Si](C)(C)C)C(F)(F)F. The Balaban J connectivity index is 5.33. The third-order valence-electron chi connectivity index (χ3n) is 1.46. The number of alkyl halides is 3. The fourth-order valence-electron chi connectivity index (χ4n) is 1.10. The average Bonchev–Trinajstić information content (AvgIpc) is 1.99. The molecule has 1 atom stereocenters. The van der Waals surface area contributed by atoms with Crippen LogP contribution in [-0.4, -0.2) is 26.9 Å². The van der Waals surface area contributed by atoms with Gasteiger partial charge < -0.3 is 9.16 Å². The Labute approximate surface area is 95.3 Å². The molecule has 0 aliphatic heterocycles. The molecule has 0 aliphatic rings. The van der Waals surface area contributed by atoms with Gasteiger partial charge in [0.15, 0.2) is 8.32 Å². The maximum Gasteiger partial charge on any atom is 0.455 e. The fourth-order valence-corrected chi connectivity index (χ4v) is 2.19. The quantitative estimate of drug-likeness (QED) is 0.436. The molecule has 0 aromatic heterocycles. The summed E-state index contributed by atoms with van der Waals surface area (Å²) in [5, 5.41) is 0. The van der Waals surface area contributed by atoms with E-state index in [9.17, 15) is 13.2 Å². The summed E-state index contributed by atoms with van der Waals surface area (Å²) in [6, 6.07) is 0. The monoisotopic (exact) mass is 254 g/mol. The van der Waals surface area contributed by atoms with E-state index in [2.05, 4.69) is 5.92 Å². The molecule has 0 spiro atoms. The van der Waals surface area contributed by atoms with E-state index in [1.54, 1.807) is 19.6 Å². The molecular weight excluding hydrogens is 237 g/mol. The Morgan fingerprint density at radius 3 is 1.94 bits per heavy atom. The lowest BCUT2D eigenvalue weighted by Crippen LogP contribution is -2.54. The fraction of sp³-hybridized carbons (Fsp3) is 0.800. The van der Waals surface area contributed by atoms with Crippen molar-refractivity contribution in [1.29, 1.82) is 0 Å². The van der Waals surface area contributed by atoms with Gasteiger partial charge in [-0.3, -0.25) is 0 Å². The van der Waals surface area contributed by atoms with Crippen molar-refractivity contribution < 1.29 is 22.3 Å². The van der Waals surface area contributed by atoms with E-state index in [1.807, 2.05) is 5.92 Å². The predicted molar refractivity (Wildman–Crippen MR) is 58.3 cm³/mol. The Bertz CT molecular complexity index is 285.